The summed E-state index contributed by atoms with van der Waals surface area (Å²) in [4.78, 5) is 32.7. The van der Waals surface area contributed by atoms with E-state index in [1.165, 1.54) is 7.11 Å². The highest BCUT2D eigenvalue weighted by atomic mass is 32.2. The Morgan fingerprint density at radius 2 is 2.00 bits per heavy atom. The van der Waals surface area contributed by atoms with Crippen LogP contribution in [0.5, 0.6) is 0 Å². The molecule has 3 rings (SSSR count). The van der Waals surface area contributed by atoms with E-state index in [0.717, 1.165) is 10.6 Å². The van der Waals surface area contributed by atoms with E-state index in [1.54, 1.807) is 16.7 Å². The lowest BCUT2D eigenvalue weighted by Gasteiger charge is -2.37. The van der Waals surface area contributed by atoms with Gasteiger partial charge in [0.05, 0.1) is 12.8 Å². The largest absolute Gasteiger partial charge is 0.464 e. The molecular formula is C19H25N3O4S. The van der Waals surface area contributed by atoms with Crippen molar-refractivity contribution >= 4 is 35.2 Å². The number of esters is 1. The van der Waals surface area contributed by atoms with Crippen molar-refractivity contribution in [2.75, 3.05) is 25.5 Å². The Morgan fingerprint density at radius 3 is 2.67 bits per heavy atom. The number of oxime groups is 1. The van der Waals surface area contributed by atoms with E-state index in [1.807, 2.05) is 24.3 Å². The van der Waals surface area contributed by atoms with E-state index in [4.69, 9.17) is 9.57 Å². The summed E-state index contributed by atoms with van der Waals surface area (Å²) in [7, 11) is 1.33. The molecule has 0 unspecified atom stereocenters. The predicted molar refractivity (Wildman–Crippen MR) is 105 cm³/mol. The molecule has 2 aliphatic rings. The van der Waals surface area contributed by atoms with E-state index in [9.17, 15) is 9.59 Å². The summed E-state index contributed by atoms with van der Waals surface area (Å²) in [6, 6.07) is 7.72. The minimum atomic E-state index is -0.494. The quantitative estimate of drug-likeness (QED) is 0.628. The van der Waals surface area contributed by atoms with Crippen molar-refractivity contribution in [2.45, 2.75) is 48.9 Å². The van der Waals surface area contributed by atoms with Crippen LogP contribution in [0.15, 0.2) is 34.3 Å². The highest BCUT2D eigenvalue weighted by Gasteiger charge is 2.44. The zero-order valence-corrected chi connectivity index (χ0v) is 16.7. The molecule has 1 aromatic carbocycles. The Balaban J connectivity index is 1.56. The van der Waals surface area contributed by atoms with Crippen LogP contribution in [0.3, 0.4) is 0 Å². The number of anilines is 1. The number of para-hydroxylation sites is 1. The number of nitrogens with zero attached hydrogens (tertiary/aromatic N) is 2. The highest BCUT2D eigenvalue weighted by molar-refractivity contribution is 8.00. The van der Waals surface area contributed by atoms with Gasteiger partial charge in [-0.1, -0.05) is 31.1 Å². The van der Waals surface area contributed by atoms with Crippen molar-refractivity contribution in [3.63, 3.8) is 0 Å². The lowest BCUT2D eigenvalue weighted by Crippen LogP contribution is -2.48. The molecule has 1 saturated heterocycles. The summed E-state index contributed by atoms with van der Waals surface area (Å²) in [6.45, 7) is 5.35. The van der Waals surface area contributed by atoms with Gasteiger partial charge in [-0.3, -0.25) is 0 Å². The van der Waals surface area contributed by atoms with Gasteiger partial charge in [0.25, 0.3) is 0 Å². The number of likely N-dealkylation sites (tertiary alicyclic amines) is 1. The van der Waals surface area contributed by atoms with E-state index in [-0.39, 0.29) is 6.03 Å². The first-order valence-electron chi connectivity index (χ1n) is 9.07. The number of ether oxygens (including phenoxy) is 1. The van der Waals surface area contributed by atoms with Gasteiger partial charge in [0.1, 0.15) is 5.60 Å². The van der Waals surface area contributed by atoms with E-state index in [2.05, 4.69) is 24.3 Å². The monoisotopic (exact) mass is 391 g/mol. The number of piperidine rings is 1. The standard InChI is InChI=1S/C19H25N3O4S/c1-13(2)27-16-7-5-4-6-14(16)20-18(24)22-10-8-19(9-11-22)12-15(21-26-19)17(23)25-3/h4-7,13H,8-12H2,1-3H3,(H,20,24). The number of hydrogen-bond donors (Lipinski definition) is 1. The van der Waals surface area contributed by atoms with Crippen molar-refractivity contribution in [1.29, 1.82) is 0 Å². The Bertz CT molecular complexity index is 742. The van der Waals surface area contributed by atoms with Crippen LogP contribution in [0.4, 0.5) is 10.5 Å². The molecule has 2 aliphatic heterocycles. The number of thioether (sulfide) groups is 1. The topological polar surface area (TPSA) is 80.2 Å². The van der Waals surface area contributed by atoms with Crippen molar-refractivity contribution in [3.8, 4) is 0 Å². The average Bonchev–Trinajstić information content (AvgIpc) is 3.06. The number of carbonyl (C=O) groups excluding carboxylic acids is 2. The number of urea groups is 1. The normalized spacial score (nSPS) is 18.2. The number of hydrogen-bond acceptors (Lipinski definition) is 6. The number of benzene rings is 1. The van der Waals surface area contributed by atoms with Crippen molar-refractivity contribution in [1.82, 2.24) is 4.90 Å². The second-order valence-electron chi connectivity index (χ2n) is 7.06. The van der Waals surface area contributed by atoms with Crippen molar-refractivity contribution < 1.29 is 19.2 Å². The molecule has 8 heteroatoms. The van der Waals surface area contributed by atoms with Crippen molar-refractivity contribution in [2.24, 2.45) is 5.16 Å². The fraction of sp³-hybridized carbons (Fsp3) is 0.526. The minimum absolute atomic E-state index is 0.117. The van der Waals surface area contributed by atoms with E-state index in [0.29, 0.717) is 43.3 Å². The summed E-state index contributed by atoms with van der Waals surface area (Å²) in [5.74, 6) is -0.452. The molecular weight excluding hydrogens is 366 g/mol. The first-order valence-corrected chi connectivity index (χ1v) is 9.95. The molecule has 1 fully saturated rings. The van der Waals surface area contributed by atoms with Crippen LogP contribution in [0, 0.1) is 0 Å². The van der Waals surface area contributed by atoms with E-state index < -0.39 is 11.6 Å². The Kier molecular flexibility index (Phi) is 5.94. The summed E-state index contributed by atoms with van der Waals surface area (Å²) in [6.07, 6.45) is 1.70. The Hall–Kier alpha value is -2.22. The maximum atomic E-state index is 12.7. The molecule has 0 radical (unpaired) electrons. The van der Waals surface area contributed by atoms with Gasteiger partial charge in [-0.2, -0.15) is 0 Å². The van der Waals surface area contributed by atoms with Crippen LogP contribution in [0.25, 0.3) is 0 Å². The van der Waals surface area contributed by atoms with Crippen LogP contribution in [-0.2, 0) is 14.4 Å². The van der Waals surface area contributed by atoms with Gasteiger partial charge in [-0.15, -0.1) is 11.8 Å². The molecule has 0 aromatic heterocycles. The second-order valence-corrected chi connectivity index (χ2v) is 8.68. The predicted octanol–water partition coefficient (Wildman–Crippen LogP) is 3.50. The summed E-state index contributed by atoms with van der Waals surface area (Å²) >= 11 is 1.72. The SMILES string of the molecule is COC(=O)C1=NOC2(CCN(C(=O)Nc3ccccc3SC(C)C)CC2)C1. The molecule has 146 valence electrons. The van der Waals surface area contributed by atoms with Crippen LogP contribution < -0.4 is 5.32 Å². The summed E-state index contributed by atoms with van der Waals surface area (Å²) in [5, 5.41) is 7.34. The third-order valence-corrected chi connectivity index (χ3v) is 5.79. The number of methoxy groups -OCH3 is 1. The zero-order valence-electron chi connectivity index (χ0n) is 15.9. The number of nitrogens with one attached hydrogen (secondary N) is 1. The molecule has 0 bridgehead atoms. The second kappa shape index (κ2) is 8.21. The summed E-state index contributed by atoms with van der Waals surface area (Å²) < 4.78 is 4.71. The number of amides is 2. The smallest absolute Gasteiger partial charge is 0.355 e. The third-order valence-electron chi connectivity index (χ3n) is 4.71. The molecule has 27 heavy (non-hydrogen) atoms. The molecule has 1 N–H and O–H groups in total. The van der Waals surface area contributed by atoms with E-state index >= 15 is 0 Å². The maximum absolute atomic E-state index is 12.7. The molecule has 2 heterocycles. The van der Waals surface area contributed by atoms with Gasteiger partial charge in [-0.05, 0) is 12.1 Å². The van der Waals surface area contributed by atoms with Crippen LogP contribution in [0.2, 0.25) is 0 Å². The first kappa shape index (κ1) is 19.5. The third kappa shape index (κ3) is 4.55. The lowest BCUT2D eigenvalue weighted by atomic mass is 9.87. The van der Waals surface area contributed by atoms with Gasteiger partial charge in [-0.25, -0.2) is 9.59 Å². The summed E-state index contributed by atoms with van der Waals surface area (Å²) in [5.41, 5.74) is 0.649. The van der Waals surface area contributed by atoms with Gasteiger partial charge in [0.15, 0.2) is 5.71 Å². The Labute approximate surface area is 163 Å². The van der Waals surface area contributed by atoms with Crippen LogP contribution >= 0.6 is 11.8 Å². The highest BCUT2D eigenvalue weighted by Crippen LogP contribution is 2.35. The average molecular weight is 391 g/mol. The fourth-order valence-electron chi connectivity index (χ4n) is 3.26. The van der Waals surface area contributed by atoms with Gasteiger partial charge in [0, 0.05) is 42.5 Å². The number of rotatable bonds is 4. The van der Waals surface area contributed by atoms with Crippen molar-refractivity contribution in [3.05, 3.63) is 24.3 Å². The van der Waals surface area contributed by atoms with Gasteiger partial charge >= 0.3 is 12.0 Å². The Morgan fingerprint density at radius 1 is 1.30 bits per heavy atom. The first-order chi connectivity index (χ1) is 12.9. The molecule has 1 aromatic rings. The molecule has 0 aliphatic carbocycles. The van der Waals surface area contributed by atoms with Crippen LogP contribution in [0.1, 0.15) is 33.1 Å². The maximum Gasteiger partial charge on any atom is 0.355 e. The number of carbonyl (C=O) groups is 2. The minimum Gasteiger partial charge on any atom is -0.464 e. The lowest BCUT2D eigenvalue weighted by molar-refractivity contribution is -0.132. The molecule has 0 atom stereocenters. The molecule has 2 amide bonds. The molecule has 0 saturated carbocycles. The zero-order chi connectivity index (χ0) is 19.4. The molecule has 7 nitrogen and oxygen atoms in total. The fourth-order valence-corrected chi connectivity index (χ4v) is 4.17. The van der Waals surface area contributed by atoms with Gasteiger partial charge in [0.2, 0.25) is 0 Å². The van der Waals surface area contributed by atoms with Gasteiger partial charge < -0.3 is 19.8 Å². The van der Waals surface area contributed by atoms with Crippen LogP contribution in [-0.4, -0.2) is 53.7 Å². The molecule has 1 spiro atoms.